The number of hydrogen-bond acceptors (Lipinski definition) is 6. The highest BCUT2D eigenvalue weighted by Gasteiger charge is 2.38. The lowest BCUT2D eigenvalue weighted by Crippen LogP contribution is -2.31. The van der Waals surface area contributed by atoms with Crippen LogP contribution in [0.15, 0.2) is 24.7 Å². The van der Waals surface area contributed by atoms with Gasteiger partial charge in [-0.05, 0) is 13.0 Å². The third-order valence-corrected chi connectivity index (χ3v) is 2.65. The van der Waals surface area contributed by atoms with Crippen LogP contribution in [0.3, 0.4) is 0 Å². The standard InChI is InChI=1S/C12H11F4N5O/c1-6(12(14,15)16)22-11-8(13)2-7(3-20-11)9-4-19-10(21-17)5-18-9/h2-6H,17H2,1H3,(H,19,21)/t6-/m1/s1. The average Bonchev–Trinajstić information content (AvgIpc) is 2.48. The van der Waals surface area contributed by atoms with Crippen LogP contribution in [-0.2, 0) is 0 Å². The molecule has 2 aromatic rings. The lowest BCUT2D eigenvalue weighted by Gasteiger charge is -2.17. The summed E-state index contributed by atoms with van der Waals surface area (Å²) in [5.41, 5.74) is 2.79. The third kappa shape index (κ3) is 3.58. The van der Waals surface area contributed by atoms with Crippen molar-refractivity contribution in [3.05, 3.63) is 30.5 Å². The molecular weight excluding hydrogens is 306 g/mol. The Morgan fingerprint density at radius 2 is 1.91 bits per heavy atom. The molecule has 2 aromatic heterocycles. The molecule has 118 valence electrons. The third-order valence-electron chi connectivity index (χ3n) is 2.65. The summed E-state index contributed by atoms with van der Waals surface area (Å²) in [6.07, 6.45) is -3.02. The van der Waals surface area contributed by atoms with E-state index in [2.05, 4.69) is 25.1 Å². The summed E-state index contributed by atoms with van der Waals surface area (Å²) >= 11 is 0. The first-order valence-electron chi connectivity index (χ1n) is 5.99. The minimum absolute atomic E-state index is 0.237. The number of nitrogens with zero attached hydrogens (tertiary/aromatic N) is 3. The van der Waals surface area contributed by atoms with Crippen molar-refractivity contribution >= 4 is 5.82 Å². The molecule has 2 heterocycles. The molecule has 0 unspecified atom stereocenters. The molecular formula is C12H11F4N5O. The van der Waals surface area contributed by atoms with Crippen molar-refractivity contribution in [3.63, 3.8) is 0 Å². The molecule has 0 saturated carbocycles. The van der Waals surface area contributed by atoms with Crippen molar-refractivity contribution in [2.45, 2.75) is 19.2 Å². The molecule has 0 aromatic carbocycles. The molecule has 0 fully saturated rings. The summed E-state index contributed by atoms with van der Waals surface area (Å²) in [6, 6.07) is 0.963. The first-order valence-corrected chi connectivity index (χ1v) is 5.99. The SMILES string of the molecule is C[C@@H](Oc1ncc(-c2cnc(NN)cn2)cc1F)C(F)(F)F. The normalized spacial score (nSPS) is 12.8. The molecule has 0 aliphatic heterocycles. The van der Waals surface area contributed by atoms with Gasteiger partial charge >= 0.3 is 6.18 Å². The van der Waals surface area contributed by atoms with Gasteiger partial charge in [-0.1, -0.05) is 0 Å². The summed E-state index contributed by atoms with van der Waals surface area (Å²) in [6.45, 7) is 0.763. The van der Waals surface area contributed by atoms with Crippen LogP contribution in [0.4, 0.5) is 23.4 Å². The van der Waals surface area contributed by atoms with Crippen LogP contribution >= 0.6 is 0 Å². The lowest BCUT2D eigenvalue weighted by atomic mass is 10.2. The molecule has 22 heavy (non-hydrogen) atoms. The molecule has 0 radical (unpaired) electrons. The molecule has 0 aliphatic rings. The van der Waals surface area contributed by atoms with Crippen LogP contribution in [0, 0.1) is 5.82 Å². The number of nitrogens with one attached hydrogen (secondary N) is 1. The van der Waals surface area contributed by atoms with E-state index in [1.807, 2.05) is 0 Å². The predicted octanol–water partition coefficient (Wildman–Crippen LogP) is 2.29. The minimum atomic E-state index is -4.61. The van der Waals surface area contributed by atoms with Crippen LogP contribution in [0.1, 0.15) is 6.92 Å². The van der Waals surface area contributed by atoms with Gasteiger partial charge < -0.3 is 10.2 Å². The van der Waals surface area contributed by atoms with Crippen LogP contribution in [0.2, 0.25) is 0 Å². The molecule has 1 atom stereocenters. The predicted molar refractivity (Wildman–Crippen MR) is 69.2 cm³/mol. The Balaban J connectivity index is 2.22. The van der Waals surface area contributed by atoms with Gasteiger partial charge in [0.05, 0.1) is 18.1 Å². The largest absolute Gasteiger partial charge is 0.463 e. The number of rotatable bonds is 4. The van der Waals surface area contributed by atoms with Crippen LogP contribution < -0.4 is 16.0 Å². The van der Waals surface area contributed by atoms with Crippen molar-refractivity contribution in [3.8, 4) is 17.1 Å². The van der Waals surface area contributed by atoms with Gasteiger partial charge in [-0.2, -0.15) is 13.2 Å². The second-order valence-corrected chi connectivity index (χ2v) is 4.24. The smallest absolute Gasteiger partial charge is 0.425 e. The zero-order chi connectivity index (χ0) is 16.3. The van der Waals surface area contributed by atoms with Gasteiger partial charge in [0.15, 0.2) is 17.7 Å². The van der Waals surface area contributed by atoms with E-state index in [4.69, 9.17) is 5.84 Å². The van der Waals surface area contributed by atoms with Crippen molar-refractivity contribution in [2.75, 3.05) is 5.43 Å². The summed E-state index contributed by atoms with van der Waals surface area (Å²) < 4.78 is 55.4. The summed E-state index contributed by atoms with van der Waals surface area (Å²) in [5, 5.41) is 0. The molecule has 0 amide bonds. The van der Waals surface area contributed by atoms with Gasteiger partial charge in [-0.3, -0.25) is 4.98 Å². The fourth-order valence-electron chi connectivity index (χ4n) is 1.44. The van der Waals surface area contributed by atoms with Crippen LogP contribution in [-0.4, -0.2) is 27.2 Å². The molecule has 0 bridgehead atoms. The minimum Gasteiger partial charge on any atom is -0.463 e. The van der Waals surface area contributed by atoms with Gasteiger partial charge in [-0.25, -0.2) is 20.2 Å². The Kier molecular flexibility index (Phi) is 4.40. The molecule has 6 nitrogen and oxygen atoms in total. The van der Waals surface area contributed by atoms with Crippen molar-refractivity contribution in [1.82, 2.24) is 15.0 Å². The van der Waals surface area contributed by atoms with Gasteiger partial charge in [0.2, 0.25) is 0 Å². The molecule has 3 N–H and O–H groups in total. The molecule has 2 rings (SSSR count). The summed E-state index contributed by atoms with van der Waals surface area (Å²) in [7, 11) is 0. The Labute approximate surface area is 122 Å². The van der Waals surface area contributed by atoms with E-state index in [0.29, 0.717) is 5.82 Å². The highest BCUT2D eigenvalue weighted by molar-refractivity contribution is 5.58. The Morgan fingerprint density at radius 3 is 2.41 bits per heavy atom. The number of ether oxygens (including phenoxy) is 1. The Bertz CT molecular complexity index is 647. The van der Waals surface area contributed by atoms with Crippen molar-refractivity contribution in [1.29, 1.82) is 0 Å². The number of pyridine rings is 1. The molecule has 0 saturated heterocycles. The Morgan fingerprint density at radius 1 is 1.18 bits per heavy atom. The molecule has 10 heteroatoms. The molecule has 0 aliphatic carbocycles. The number of anilines is 1. The number of alkyl halides is 3. The maximum Gasteiger partial charge on any atom is 0.425 e. The zero-order valence-electron chi connectivity index (χ0n) is 11.2. The fraction of sp³-hybridized carbons (Fsp3) is 0.250. The molecule has 0 spiro atoms. The van der Waals surface area contributed by atoms with Crippen molar-refractivity contribution in [2.24, 2.45) is 5.84 Å². The first-order chi connectivity index (χ1) is 10.3. The van der Waals surface area contributed by atoms with E-state index in [0.717, 1.165) is 19.2 Å². The first kappa shape index (κ1) is 15.9. The van der Waals surface area contributed by atoms with Crippen LogP contribution in [0.25, 0.3) is 11.3 Å². The maximum absolute atomic E-state index is 13.8. The van der Waals surface area contributed by atoms with Crippen molar-refractivity contribution < 1.29 is 22.3 Å². The quantitative estimate of drug-likeness (QED) is 0.511. The number of hydrogen-bond donors (Lipinski definition) is 2. The fourth-order valence-corrected chi connectivity index (χ4v) is 1.44. The van der Waals surface area contributed by atoms with E-state index in [-0.39, 0.29) is 11.3 Å². The monoisotopic (exact) mass is 317 g/mol. The summed E-state index contributed by atoms with van der Waals surface area (Å²) in [5.74, 6) is 3.67. The zero-order valence-corrected chi connectivity index (χ0v) is 11.2. The number of halogens is 4. The summed E-state index contributed by atoms with van der Waals surface area (Å²) in [4.78, 5) is 11.4. The van der Waals surface area contributed by atoms with E-state index >= 15 is 0 Å². The van der Waals surface area contributed by atoms with Gasteiger partial charge in [0, 0.05) is 11.8 Å². The second kappa shape index (κ2) is 6.10. The second-order valence-electron chi connectivity index (χ2n) is 4.24. The highest BCUT2D eigenvalue weighted by Crippen LogP contribution is 2.27. The van der Waals surface area contributed by atoms with Gasteiger partial charge in [-0.15, -0.1) is 0 Å². The van der Waals surface area contributed by atoms with Gasteiger partial charge in [0.1, 0.15) is 0 Å². The van der Waals surface area contributed by atoms with Gasteiger partial charge in [0.25, 0.3) is 5.88 Å². The number of hydrazine groups is 1. The average molecular weight is 317 g/mol. The highest BCUT2D eigenvalue weighted by atomic mass is 19.4. The Hall–Kier alpha value is -2.49. The van der Waals surface area contributed by atoms with E-state index in [1.165, 1.54) is 12.4 Å². The maximum atomic E-state index is 13.8. The van der Waals surface area contributed by atoms with E-state index < -0.39 is 24.0 Å². The van der Waals surface area contributed by atoms with Crippen LogP contribution in [0.5, 0.6) is 5.88 Å². The lowest BCUT2D eigenvalue weighted by molar-refractivity contribution is -0.190. The number of nitrogen functional groups attached to an aromatic ring is 1. The van der Waals surface area contributed by atoms with E-state index in [9.17, 15) is 17.6 Å². The topological polar surface area (TPSA) is 86.0 Å². The number of nitrogens with two attached hydrogens (primary N) is 1. The number of aromatic nitrogens is 3. The van der Waals surface area contributed by atoms with E-state index in [1.54, 1.807) is 0 Å².